The van der Waals surface area contributed by atoms with E-state index in [1.807, 2.05) is 11.3 Å². The molecule has 0 saturated carbocycles. The fourth-order valence-electron chi connectivity index (χ4n) is 2.14. The molecule has 0 amide bonds. The van der Waals surface area contributed by atoms with Gasteiger partial charge < -0.3 is 5.32 Å². The minimum absolute atomic E-state index is 0.547. The number of thioether (sulfide) groups is 1. The molecule has 84 valence electrons. The van der Waals surface area contributed by atoms with E-state index < -0.39 is 0 Å². The van der Waals surface area contributed by atoms with Gasteiger partial charge >= 0.3 is 0 Å². The van der Waals surface area contributed by atoms with Crippen molar-refractivity contribution < 1.29 is 0 Å². The molecule has 2 heterocycles. The van der Waals surface area contributed by atoms with Crippen LogP contribution < -0.4 is 5.32 Å². The second kappa shape index (κ2) is 4.40. The largest absolute Gasteiger partial charge is 0.305 e. The number of thiophene rings is 1. The third-order valence-electron chi connectivity index (χ3n) is 2.93. The Hall–Kier alpha value is -0.510. The summed E-state index contributed by atoms with van der Waals surface area (Å²) in [7, 11) is 0. The van der Waals surface area contributed by atoms with Crippen molar-refractivity contribution in [2.45, 2.75) is 19.0 Å². The van der Waals surface area contributed by atoms with Crippen LogP contribution in [0.15, 0.2) is 30.3 Å². The summed E-state index contributed by atoms with van der Waals surface area (Å²) in [6, 6.07) is 12.2. The van der Waals surface area contributed by atoms with Crippen molar-refractivity contribution in [3.05, 3.63) is 35.2 Å². The molecule has 2 unspecified atom stereocenters. The first-order chi connectivity index (χ1) is 7.83. The first-order valence-electron chi connectivity index (χ1n) is 5.65. The molecule has 1 aliphatic rings. The summed E-state index contributed by atoms with van der Waals surface area (Å²) in [6.07, 6.45) is 0. The molecule has 1 N–H and O–H groups in total. The smallest absolute Gasteiger partial charge is 0.0509 e. The SMILES string of the molecule is CC1CSCC(c2cc3ccccc3s2)N1. The Morgan fingerprint density at radius 1 is 1.25 bits per heavy atom. The molecule has 0 bridgehead atoms. The third kappa shape index (κ3) is 1.99. The van der Waals surface area contributed by atoms with Gasteiger partial charge in [-0.1, -0.05) is 18.2 Å². The summed E-state index contributed by atoms with van der Waals surface area (Å²) < 4.78 is 1.41. The lowest BCUT2D eigenvalue weighted by atomic mass is 10.2. The predicted molar refractivity (Wildman–Crippen MR) is 74.5 cm³/mol. The number of benzene rings is 1. The highest BCUT2D eigenvalue weighted by atomic mass is 32.2. The molecule has 2 aromatic rings. The highest BCUT2D eigenvalue weighted by Gasteiger charge is 2.21. The molecular weight excluding hydrogens is 234 g/mol. The van der Waals surface area contributed by atoms with Gasteiger partial charge in [0.05, 0.1) is 6.04 Å². The van der Waals surface area contributed by atoms with E-state index in [4.69, 9.17) is 0 Å². The van der Waals surface area contributed by atoms with E-state index in [1.165, 1.54) is 26.5 Å². The minimum Gasteiger partial charge on any atom is -0.305 e. The molecule has 2 atom stereocenters. The summed E-state index contributed by atoms with van der Waals surface area (Å²) in [5.74, 6) is 2.44. The number of hydrogen-bond donors (Lipinski definition) is 1. The Morgan fingerprint density at radius 3 is 2.94 bits per heavy atom. The zero-order chi connectivity index (χ0) is 11.0. The van der Waals surface area contributed by atoms with Gasteiger partial charge in [0.2, 0.25) is 0 Å². The fraction of sp³-hybridized carbons (Fsp3) is 0.385. The number of fused-ring (bicyclic) bond motifs is 1. The van der Waals surface area contributed by atoms with Gasteiger partial charge in [0, 0.05) is 27.1 Å². The summed E-state index contributed by atoms with van der Waals surface area (Å²) >= 11 is 3.99. The van der Waals surface area contributed by atoms with E-state index in [2.05, 4.69) is 54.3 Å². The van der Waals surface area contributed by atoms with Gasteiger partial charge in [-0.25, -0.2) is 0 Å². The fourth-order valence-corrected chi connectivity index (χ4v) is 4.47. The first kappa shape index (κ1) is 10.6. The maximum Gasteiger partial charge on any atom is 0.0509 e. The third-order valence-corrected chi connectivity index (χ3v) is 5.46. The first-order valence-corrected chi connectivity index (χ1v) is 7.62. The molecule has 3 rings (SSSR count). The summed E-state index contributed by atoms with van der Waals surface area (Å²) in [5.41, 5.74) is 0. The topological polar surface area (TPSA) is 12.0 Å². The molecule has 1 aromatic carbocycles. The van der Waals surface area contributed by atoms with Crippen molar-refractivity contribution >= 4 is 33.2 Å². The highest BCUT2D eigenvalue weighted by molar-refractivity contribution is 7.99. The molecule has 16 heavy (non-hydrogen) atoms. The van der Waals surface area contributed by atoms with E-state index >= 15 is 0 Å². The summed E-state index contributed by atoms with van der Waals surface area (Å²) in [6.45, 7) is 2.27. The van der Waals surface area contributed by atoms with E-state index in [0.29, 0.717) is 12.1 Å². The minimum atomic E-state index is 0.547. The van der Waals surface area contributed by atoms with Crippen LogP contribution in [0.4, 0.5) is 0 Å². The van der Waals surface area contributed by atoms with Crippen LogP contribution in [-0.2, 0) is 0 Å². The van der Waals surface area contributed by atoms with Crippen LogP contribution in [0.3, 0.4) is 0 Å². The van der Waals surface area contributed by atoms with Crippen LogP contribution in [0.1, 0.15) is 17.8 Å². The zero-order valence-electron chi connectivity index (χ0n) is 9.27. The highest BCUT2D eigenvalue weighted by Crippen LogP contribution is 2.33. The van der Waals surface area contributed by atoms with Gasteiger partial charge in [-0.15, -0.1) is 11.3 Å². The van der Waals surface area contributed by atoms with Gasteiger partial charge in [0.1, 0.15) is 0 Å². The molecule has 1 saturated heterocycles. The lowest BCUT2D eigenvalue weighted by molar-refractivity contribution is 0.508. The van der Waals surface area contributed by atoms with E-state index in [0.717, 1.165) is 0 Å². The Bertz CT molecular complexity index is 458. The Morgan fingerprint density at radius 2 is 2.12 bits per heavy atom. The van der Waals surface area contributed by atoms with Crippen LogP contribution in [0.2, 0.25) is 0 Å². The van der Waals surface area contributed by atoms with Crippen molar-refractivity contribution in [1.29, 1.82) is 0 Å². The molecule has 1 nitrogen and oxygen atoms in total. The lowest BCUT2D eigenvalue weighted by Crippen LogP contribution is -2.37. The molecule has 0 radical (unpaired) electrons. The Balaban J connectivity index is 1.93. The number of rotatable bonds is 1. The number of nitrogens with one attached hydrogen (secondary N) is 1. The predicted octanol–water partition coefficient (Wildman–Crippen LogP) is 3.67. The Kier molecular flexibility index (Phi) is 2.92. The lowest BCUT2D eigenvalue weighted by Gasteiger charge is -2.27. The maximum absolute atomic E-state index is 3.68. The van der Waals surface area contributed by atoms with E-state index in [-0.39, 0.29) is 0 Å². The van der Waals surface area contributed by atoms with Gasteiger partial charge in [-0.2, -0.15) is 11.8 Å². The van der Waals surface area contributed by atoms with Crippen LogP contribution in [0, 0.1) is 0 Å². The van der Waals surface area contributed by atoms with Gasteiger partial charge in [-0.05, 0) is 24.4 Å². The summed E-state index contributed by atoms with van der Waals surface area (Å²) in [4.78, 5) is 1.49. The van der Waals surface area contributed by atoms with Gasteiger partial charge in [0.25, 0.3) is 0 Å². The van der Waals surface area contributed by atoms with Crippen molar-refractivity contribution in [2.75, 3.05) is 11.5 Å². The maximum atomic E-state index is 3.68. The average Bonchev–Trinajstić information content (AvgIpc) is 2.72. The number of hydrogen-bond acceptors (Lipinski definition) is 3. The van der Waals surface area contributed by atoms with Crippen molar-refractivity contribution in [2.24, 2.45) is 0 Å². The summed E-state index contributed by atoms with van der Waals surface area (Å²) in [5, 5.41) is 5.07. The van der Waals surface area contributed by atoms with Crippen LogP contribution in [0.5, 0.6) is 0 Å². The molecular formula is C13H15NS2. The average molecular weight is 249 g/mol. The van der Waals surface area contributed by atoms with Gasteiger partial charge in [-0.3, -0.25) is 0 Å². The molecule has 1 fully saturated rings. The monoisotopic (exact) mass is 249 g/mol. The van der Waals surface area contributed by atoms with Crippen LogP contribution in [-0.4, -0.2) is 17.5 Å². The van der Waals surface area contributed by atoms with Crippen molar-refractivity contribution in [3.8, 4) is 0 Å². The van der Waals surface area contributed by atoms with Gasteiger partial charge in [0.15, 0.2) is 0 Å². The van der Waals surface area contributed by atoms with E-state index in [1.54, 1.807) is 0 Å². The normalized spacial score (nSPS) is 26.1. The quantitative estimate of drug-likeness (QED) is 0.827. The molecule has 1 aromatic heterocycles. The van der Waals surface area contributed by atoms with E-state index in [9.17, 15) is 0 Å². The Labute approximate surface area is 104 Å². The molecule has 1 aliphatic heterocycles. The second-order valence-electron chi connectivity index (χ2n) is 4.34. The molecule has 0 aliphatic carbocycles. The van der Waals surface area contributed by atoms with Crippen LogP contribution in [0.25, 0.3) is 10.1 Å². The van der Waals surface area contributed by atoms with Crippen molar-refractivity contribution in [3.63, 3.8) is 0 Å². The molecule has 3 heteroatoms. The zero-order valence-corrected chi connectivity index (χ0v) is 10.9. The second-order valence-corrected chi connectivity index (χ2v) is 6.53. The standard InChI is InChI=1S/C13H15NS2/c1-9-7-15-8-11(14-9)13-6-10-4-2-3-5-12(10)16-13/h2-6,9,11,14H,7-8H2,1H3. The van der Waals surface area contributed by atoms with Crippen molar-refractivity contribution in [1.82, 2.24) is 5.32 Å². The molecule has 0 spiro atoms. The van der Waals surface area contributed by atoms with Crippen LogP contribution >= 0.6 is 23.1 Å².